The van der Waals surface area contributed by atoms with Gasteiger partial charge in [0.1, 0.15) is 5.82 Å². The average Bonchev–Trinajstić information content (AvgIpc) is 2.52. The molecule has 2 N–H and O–H groups in total. The summed E-state index contributed by atoms with van der Waals surface area (Å²) in [5.41, 5.74) is 8.84. The smallest absolute Gasteiger partial charge is 0.133 e. The molecule has 106 valence electrons. The number of nitrogens with two attached hydrogens (primary N) is 1. The van der Waals surface area contributed by atoms with E-state index in [0.29, 0.717) is 0 Å². The molecule has 3 heteroatoms. The van der Waals surface area contributed by atoms with Crippen LogP contribution in [0.25, 0.3) is 10.8 Å². The molecular weight excluding hydrogens is 258 g/mol. The Morgan fingerprint density at radius 3 is 2.62 bits per heavy atom. The Bertz CT molecular complexity index is 775. The van der Waals surface area contributed by atoms with Gasteiger partial charge in [-0.2, -0.15) is 0 Å². The Balaban J connectivity index is 2.16. The molecule has 0 aliphatic carbocycles. The van der Waals surface area contributed by atoms with Gasteiger partial charge in [0.25, 0.3) is 0 Å². The van der Waals surface area contributed by atoms with Gasteiger partial charge in [0.05, 0.1) is 17.6 Å². The van der Waals surface area contributed by atoms with E-state index in [-0.39, 0.29) is 0 Å². The van der Waals surface area contributed by atoms with Crippen LogP contribution in [0, 0.1) is 6.92 Å². The minimum atomic E-state index is 0.729. The molecule has 0 bridgehead atoms. The van der Waals surface area contributed by atoms with Crippen molar-refractivity contribution in [3.05, 3.63) is 60.3 Å². The van der Waals surface area contributed by atoms with Gasteiger partial charge >= 0.3 is 0 Å². The van der Waals surface area contributed by atoms with Gasteiger partial charge in [0, 0.05) is 11.9 Å². The highest BCUT2D eigenvalue weighted by Crippen LogP contribution is 2.31. The Morgan fingerprint density at radius 1 is 1.10 bits per heavy atom. The van der Waals surface area contributed by atoms with Crippen molar-refractivity contribution in [1.29, 1.82) is 0 Å². The van der Waals surface area contributed by atoms with Gasteiger partial charge in [-0.3, -0.25) is 0 Å². The van der Waals surface area contributed by atoms with Gasteiger partial charge in [-0.25, -0.2) is 4.98 Å². The highest BCUT2D eigenvalue weighted by Gasteiger charge is 2.12. The van der Waals surface area contributed by atoms with Crippen molar-refractivity contribution in [2.75, 3.05) is 17.2 Å². The molecule has 0 amide bonds. The van der Waals surface area contributed by atoms with Gasteiger partial charge in [0.15, 0.2) is 0 Å². The van der Waals surface area contributed by atoms with Gasteiger partial charge in [-0.1, -0.05) is 36.4 Å². The third-order valence-electron chi connectivity index (χ3n) is 3.79. The number of nitrogens with zero attached hydrogens (tertiary/aromatic N) is 2. The Morgan fingerprint density at radius 2 is 1.86 bits per heavy atom. The minimum Gasteiger partial charge on any atom is -0.397 e. The molecule has 0 atom stereocenters. The third-order valence-corrected chi connectivity index (χ3v) is 3.79. The first-order valence-corrected chi connectivity index (χ1v) is 7.18. The molecule has 0 fully saturated rings. The fraction of sp³-hybridized carbons (Fsp3) is 0.167. The summed E-state index contributed by atoms with van der Waals surface area (Å²) in [6, 6.07) is 16.8. The maximum absolute atomic E-state index is 5.88. The Labute approximate surface area is 125 Å². The number of anilines is 3. The predicted molar refractivity (Wildman–Crippen MR) is 90.0 cm³/mol. The highest BCUT2D eigenvalue weighted by molar-refractivity contribution is 5.95. The van der Waals surface area contributed by atoms with Crippen LogP contribution in [0.15, 0.2) is 54.7 Å². The number of aromatic nitrogens is 1. The molecule has 3 aromatic rings. The number of benzene rings is 2. The topological polar surface area (TPSA) is 42.1 Å². The van der Waals surface area contributed by atoms with E-state index in [1.807, 2.05) is 13.0 Å². The van der Waals surface area contributed by atoms with Crippen molar-refractivity contribution in [2.45, 2.75) is 13.8 Å². The first-order valence-electron chi connectivity index (χ1n) is 7.18. The lowest BCUT2D eigenvalue weighted by molar-refractivity contribution is 0.993. The number of pyridine rings is 1. The quantitative estimate of drug-likeness (QED) is 0.776. The monoisotopic (exact) mass is 277 g/mol. The van der Waals surface area contributed by atoms with Crippen LogP contribution in [-0.2, 0) is 0 Å². The van der Waals surface area contributed by atoms with Crippen LogP contribution >= 0.6 is 0 Å². The molecular formula is C18H19N3. The number of hydrogen-bond donors (Lipinski definition) is 1. The zero-order valence-electron chi connectivity index (χ0n) is 12.4. The van der Waals surface area contributed by atoms with Gasteiger partial charge < -0.3 is 10.6 Å². The van der Waals surface area contributed by atoms with Crippen molar-refractivity contribution in [2.24, 2.45) is 0 Å². The van der Waals surface area contributed by atoms with E-state index in [9.17, 15) is 0 Å². The number of rotatable bonds is 3. The maximum atomic E-state index is 5.88. The highest BCUT2D eigenvalue weighted by atomic mass is 15.2. The normalized spacial score (nSPS) is 10.8. The van der Waals surface area contributed by atoms with E-state index in [1.165, 1.54) is 16.5 Å². The molecule has 2 aromatic carbocycles. The molecule has 0 unspecified atom stereocenters. The molecule has 21 heavy (non-hydrogen) atoms. The van der Waals surface area contributed by atoms with Crippen molar-refractivity contribution in [3.8, 4) is 0 Å². The molecule has 3 rings (SSSR count). The number of fused-ring (bicyclic) bond motifs is 1. The molecule has 0 aliphatic heterocycles. The summed E-state index contributed by atoms with van der Waals surface area (Å²) in [7, 11) is 0. The SMILES string of the molecule is CCN(c1cc(C)c(N)cn1)c1cccc2ccccc12. The first-order chi connectivity index (χ1) is 10.2. The van der Waals surface area contributed by atoms with Crippen LogP contribution in [0.5, 0.6) is 0 Å². The molecule has 3 nitrogen and oxygen atoms in total. The lowest BCUT2D eigenvalue weighted by atomic mass is 10.1. The van der Waals surface area contributed by atoms with Gasteiger partial charge in [-0.15, -0.1) is 0 Å². The molecule has 0 saturated heterocycles. The summed E-state index contributed by atoms with van der Waals surface area (Å²) in [5.74, 6) is 0.931. The summed E-state index contributed by atoms with van der Waals surface area (Å²) in [6.45, 7) is 5.00. The largest absolute Gasteiger partial charge is 0.397 e. The fourth-order valence-corrected chi connectivity index (χ4v) is 2.60. The third kappa shape index (κ3) is 2.42. The molecule has 1 aromatic heterocycles. The number of hydrogen-bond acceptors (Lipinski definition) is 3. The van der Waals surface area contributed by atoms with E-state index in [4.69, 9.17) is 5.73 Å². The van der Waals surface area contributed by atoms with Crippen molar-refractivity contribution < 1.29 is 0 Å². The average molecular weight is 277 g/mol. The predicted octanol–water partition coefficient (Wildman–Crippen LogP) is 4.28. The number of aryl methyl sites for hydroxylation is 1. The summed E-state index contributed by atoms with van der Waals surface area (Å²) in [5, 5.41) is 2.47. The van der Waals surface area contributed by atoms with Crippen molar-refractivity contribution in [3.63, 3.8) is 0 Å². The molecule has 0 spiro atoms. The van der Waals surface area contributed by atoms with E-state index >= 15 is 0 Å². The first kappa shape index (κ1) is 13.4. The van der Waals surface area contributed by atoms with Gasteiger partial charge in [0.2, 0.25) is 0 Å². The summed E-state index contributed by atoms with van der Waals surface area (Å²) in [4.78, 5) is 6.71. The zero-order valence-corrected chi connectivity index (χ0v) is 12.4. The summed E-state index contributed by atoms with van der Waals surface area (Å²) in [6.07, 6.45) is 1.73. The molecule has 0 saturated carbocycles. The zero-order chi connectivity index (χ0) is 14.8. The van der Waals surface area contributed by atoms with Crippen LogP contribution < -0.4 is 10.6 Å². The van der Waals surface area contributed by atoms with Crippen LogP contribution in [-0.4, -0.2) is 11.5 Å². The summed E-state index contributed by atoms with van der Waals surface area (Å²) < 4.78 is 0. The van der Waals surface area contributed by atoms with Gasteiger partial charge in [-0.05, 0) is 36.9 Å². The van der Waals surface area contributed by atoms with Crippen LogP contribution in [0.1, 0.15) is 12.5 Å². The van der Waals surface area contributed by atoms with E-state index < -0.39 is 0 Å². The van der Waals surface area contributed by atoms with Crippen LogP contribution in [0.2, 0.25) is 0 Å². The second-order valence-electron chi connectivity index (χ2n) is 5.14. The summed E-state index contributed by atoms with van der Waals surface area (Å²) >= 11 is 0. The molecule has 0 radical (unpaired) electrons. The molecule has 0 aliphatic rings. The minimum absolute atomic E-state index is 0.729. The second kappa shape index (κ2) is 5.44. The standard InChI is InChI=1S/C18H19N3/c1-3-21(18-11-13(2)16(19)12-20-18)17-10-6-8-14-7-4-5-9-15(14)17/h4-12H,3,19H2,1-2H3. The Hall–Kier alpha value is -2.55. The second-order valence-corrected chi connectivity index (χ2v) is 5.14. The van der Waals surface area contributed by atoms with E-state index in [0.717, 1.165) is 23.6 Å². The van der Waals surface area contributed by atoms with Crippen molar-refractivity contribution >= 4 is 28.0 Å². The molecule has 1 heterocycles. The van der Waals surface area contributed by atoms with Crippen LogP contribution in [0.3, 0.4) is 0 Å². The maximum Gasteiger partial charge on any atom is 0.133 e. The van der Waals surface area contributed by atoms with Crippen molar-refractivity contribution in [1.82, 2.24) is 4.98 Å². The fourth-order valence-electron chi connectivity index (χ4n) is 2.60. The number of nitrogen functional groups attached to an aromatic ring is 1. The van der Waals surface area contributed by atoms with E-state index in [2.05, 4.69) is 59.3 Å². The Kier molecular flexibility index (Phi) is 3.48. The lowest BCUT2D eigenvalue weighted by Gasteiger charge is -2.24. The van der Waals surface area contributed by atoms with E-state index in [1.54, 1.807) is 6.20 Å². The lowest BCUT2D eigenvalue weighted by Crippen LogP contribution is -2.18. The van der Waals surface area contributed by atoms with Crippen LogP contribution in [0.4, 0.5) is 17.2 Å².